The predicted octanol–water partition coefficient (Wildman–Crippen LogP) is 3.37. The van der Waals surface area contributed by atoms with Crippen LogP contribution >= 0.6 is 11.6 Å². The van der Waals surface area contributed by atoms with Crippen LogP contribution in [0.25, 0.3) is 0 Å². The van der Waals surface area contributed by atoms with Crippen LogP contribution in [0.1, 0.15) is 51.3 Å². The highest BCUT2D eigenvalue weighted by molar-refractivity contribution is 6.28. The fourth-order valence-corrected chi connectivity index (χ4v) is 4.18. The van der Waals surface area contributed by atoms with Crippen molar-refractivity contribution in [1.82, 2.24) is 14.9 Å². The lowest BCUT2D eigenvalue weighted by Gasteiger charge is -2.44. The Morgan fingerprint density at radius 1 is 1.29 bits per heavy atom. The van der Waals surface area contributed by atoms with E-state index in [-0.39, 0.29) is 6.04 Å². The van der Waals surface area contributed by atoms with Crippen molar-refractivity contribution in [2.24, 2.45) is 0 Å². The first-order chi connectivity index (χ1) is 11.3. The number of nitrogens with zero attached hydrogens (tertiary/aromatic N) is 4. The van der Waals surface area contributed by atoms with Crippen molar-refractivity contribution in [3.8, 4) is 0 Å². The van der Waals surface area contributed by atoms with Crippen LogP contribution in [0.4, 0.5) is 10.6 Å². The second-order valence-corrected chi connectivity index (χ2v) is 8.00. The van der Waals surface area contributed by atoms with Crippen molar-refractivity contribution in [3.63, 3.8) is 0 Å². The minimum Gasteiger partial charge on any atom is -0.465 e. The zero-order valence-electron chi connectivity index (χ0n) is 14.5. The third-order valence-corrected chi connectivity index (χ3v) is 5.04. The smallest absolute Gasteiger partial charge is 0.408 e. The van der Waals surface area contributed by atoms with Crippen molar-refractivity contribution in [2.45, 2.75) is 64.5 Å². The average molecular weight is 353 g/mol. The number of fused-ring (bicyclic) bond motifs is 1. The molecule has 0 radical (unpaired) electrons. The van der Waals surface area contributed by atoms with Crippen molar-refractivity contribution < 1.29 is 9.90 Å². The van der Waals surface area contributed by atoms with Crippen molar-refractivity contribution in [2.75, 3.05) is 18.0 Å². The molecule has 1 N–H and O–H groups in total. The minimum absolute atomic E-state index is 0.0398. The highest BCUT2D eigenvalue weighted by Gasteiger charge is 2.36. The van der Waals surface area contributed by atoms with E-state index in [0.29, 0.717) is 11.8 Å². The number of carbonyl (C=O) groups is 1. The first-order valence-electron chi connectivity index (χ1n) is 8.60. The Morgan fingerprint density at radius 2 is 2.04 bits per heavy atom. The topological polar surface area (TPSA) is 69.6 Å². The van der Waals surface area contributed by atoms with Crippen molar-refractivity contribution >= 4 is 23.5 Å². The summed E-state index contributed by atoms with van der Waals surface area (Å²) >= 11 is 6.12. The second kappa shape index (κ2) is 6.39. The van der Waals surface area contributed by atoms with Crippen LogP contribution in [-0.4, -0.2) is 50.7 Å². The van der Waals surface area contributed by atoms with E-state index in [4.69, 9.17) is 11.6 Å². The van der Waals surface area contributed by atoms with Gasteiger partial charge in [-0.25, -0.2) is 14.8 Å². The Balaban J connectivity index is 1.88. The summed E-state index contributed by atoms with van der Waals surface area (Å²) in [5.41, 5.74) is 1.82. The number of hydrogen-bond donors (Lipinski definition) is 1. The van der Waals surface area contributed by atoms with E-state index in [2.05, 4.69) is 14.9 Å². The van der Waals surface area contributed by atoms with Crippen molar-refractivity contribution in [3.05, 3.63) is 16.5 Å². The summed E-state index contributed by atoms with van der Waals surface area (Å²) in [6, 6.07) is -0.0398. The van der Waals surface area contributed by atoms with Gasteiger partial charge in [0.2, 0.25) is 5.28 Å². The Hall–Kier alpha value is -1.56. The predicted molar refractivity (Wildman–Crippen MR) is 93.9 cm³/mol. The number of carboxylic acid groups (broad SMARTS) is 1. The average Bonchev–Trinajstić information content (AvgIpc) is 2.92. The van der Waals surface area contributed by atoms with Gasteiger partial charge in [-0.3, -0.25) is 4.90 Å². The number of aryl methyl sites for hydroxylation is 1. The molecule has 0 saturated carbocycles. The van der Waals surface area contributed by atoms with Crippen LogP contribution in [0.3, 0.4) is 0 Å². The molecule has 2 heterocycles. The molecule has 1 unspecified atom stereocenters. The van der Waals surface area contributed by atoms with Gasteiger partial charge in [-0.1, -0.05) is 0 Å². The molecule has 0 bridgehead atoms. The third-order valence-electron chi connectivity index (χ3n) is 4.87. The lowest BCUT2D eigenvalue weighted by atomic mass is 9.97. The maximum absolute atomic E-state index is 11.8. The van der Waals surface area contributed by atoms with Crippen LogP contribution in [-0.2, 0) is 12.8 Å². The normalized spacial score (nSPS) is 20.8. The van der Waals surface area contributed by atoms with Gasteiger partial charge in [-0.05, 0) is 64.5 Å². The van der Waals surface area contributed by atoms with Gasteiger partial charge >= 0.3 is 6.09 Å². The molecule has 1 saturated heterocycles. The first kappa shape index (κ1) is 17.3. The summed E-state index contributed by atoms with van der Waals surface area (Å²) in [5.74, 6) is 0.909. The van der Waals surface area contributed by atoms with E-state index in [1.807, 2.05) is 20.8 Å². The molecule has 7 heteroatoms. The summed E-state index contributed by atoms with van der Waals surface area (Å²) in [6.07, 6.45) is 3.97. The lowest BCUT2D eigenvalue weighted by molar-refractivity contribution is 0.0647. The van der Waals surface area contributed by atoms with Crippen LogP contribution in [0, 0.1) is 0 Å². The third kappa shape index (κ3) is 3.29. The van der Waals surface area contributed by atoms with E-state index in [9.17, 15) is 9.90 Å². The lowest BCUT2D eigenvalue weighted by Crippen LogP contribution is -2.57. The summed E-state index contributed by atoms with van der Waals surface area (Å²) in [4.78, 5) is 24.4. The largest absolute Gasteiger partial charge is 0.465 e. The molecule has 1 aliphatic carbocycles. The number of halogens is 1. The van der Waals surface area contributed by atoms with E-state index < -0.39 is 11.6 Å². The van der Waals surface area contributed by atoms with Gasteiger partial charge in [-0.15, -0.1) is 0 Å². The van der Waals surface area contributed by atoms with Gasteiger partial charge in [0, 0.05) is 24.2 Å². The maximum Gasteiger partial charge on any atom is 0.408 e. The van der Waals surface area contributed by atoms with Crippen molar-refractivity contribution in [1.29, 1.82) is 0 Å². The molecule has 1 atom stereocenters. The molecular weight excluding hydrogens is 328 g/mol. The van der Waals surface area contributed by atoms with Gasteiger partial charge in [0.1, 0.15) is 5.82 Å². The van der Waals surface area contributed by atoms with Crippen LogP contribution < -0.4 is 4.90 Å². The minimum atomic E-state index is -0.861. The summed E-state index contributed by atoms with van der Waals surface area (Å²) < 4.78 is 0. The monoisotopic (exact) mass is 352 g/mol. The van der Waals surface area contributed by atoms with Gasteiger partial charge in [0.05, 0.1) is 11.7 Å². The number of hydrogen-bond acceptors (Lipinski definition) is 4. The molecule has 0 aromatic carbocycles. The van der Waals surface area contributed by atoms with Gasteiger partial charge in [-0.2, -0.15) is 0 Å². The highest BCUT2D eigenvalue weighted by atomic mass is 35.5. The fourth-order valence-electron chi connectivity index (χ4n) is 3.99. The van der Waals surface area contributed by atoms with Crippen LogP contribution in [0.2, 0.25) is 5.28 Å². The molecule has 1 amide bonds. The number of aromatic nitrogens is 2. The zero-order valence-corrected chi connectivity index (χ0v) is 15.3. The van der Waals surface area contributed by atoms with E-state index >= 15 is 0 Å². The summed E-state index contributed by atoms with van der Waals surface area (Å²) in [6.45, 7) is 7.37. The van der Waals surface area contributed by atoms with E-state index in [1.54, 1.807) is 4.90 Å². The standard InChI is InChI=1S/C17H25ClN4O2/c1-17(2,3)22(16(23)24)11-6-5-9-21(10-11)14-12-7-4-8-13(12)19-15(18)20-14/h11H,4-10H2,1-3H3,(H,23,24). The molecule has 3 rings (SSSR count). The van der Waals surface area contributed by atoms with E-state index in [1.165, 1.54) is 5.56 Å². The number of amides is 1. The van der Waals surface area contributed by atoms with Gasteiger partial charge < -0.3 is 10.0 Å². The summed E-state index contributed by atoms with van der Waals surface area (Å²) in [5, 5.41) is 9.97. The number of piperidine rings is 1. The van der Waals surface area contributed by atoms with E-state index in [0.717, 1.165) is 50.2 Å². The molecule has 2 aliphatic rings. The zero-order chi connectivity index (χ0) is 17.5. The molecule has 24 heavy (non-hydrogen) atoms. The summed E-state index contributed by atoms with van der Waals surface area (Å²) in [7, 11) is 0. The molecular formula is C17H25ClN4O2. The number of anilines is 1. The molecule has 6 nitrogen and oxygen atoms in total. The molecule has 1 aliphatic heterocycles. The van der Waals surface area contributed by atoms with Gasteiger partial charge in [0.25, 0.3) is 0 Å². The molecule has 0 spiro atoms. The van der Waals surface area contributed by atoms with Crippen LogP contribution in [0.5, 0.6) is 0 Å². The Kier molecular flexibility index (Phi) is 4.60. The highest BCUT2D eigenvalue weighted by Crippen LogP contribution is 2.33. The Labute approximate surface area is 147 Å². The molecule has 132 valence electrons. The first-order valence-corrected chi connectivity index (χ1v) is 8.97. The molecule has 1 aromatic rings. The fraction of sp³-hybridized carbons (Fsp3) is 0.706. The Bertz CT molecular complexity index is 644. The quantitative estimate of drug-likeness (QED) is 0.826. The van der Waals surface area contributed by atoms with Crippen LogP contribution in [0.15, 0.2) is 0 Å². The molecule has 1 fully saturated rings. The maximum atomic E-state index is 11.8. The Morgan fingerprint density at radius 3 is 2.71 bits per heavy atom. The second-order valence-electron chi connectivity index (χ2n) is 7.66. The van der Waals surface area contributed by atoms with Gasteiger partial charge in [0.15, 0.2) is 0 Å². The number of rotatable bonds is 2. The molecule has 1 aromatic heterocycles. The SMILES string of the molecule is CC(C)(C)N(C(=O)O)C1CCCN(c2nc(Cl)nc3c2CCC3)C1.